The van der Waals surface area contributed by atoms with Gasteiger partial charge in [0.25, 0.3) is 0 Å². The van der Waals surface area contributed by atoms with E-state index in [1.807, 2.05) is 0 Å². The Balaban J connectivity index is 3.24. The minimum absolute atomic E-state index is 0.155. The molecule has 0 aliphatic rings. The number of amides is 1. The highest BCUT2D eigenvalue weighted by molar-refractivity contribution is 5.76. The molecule has 3 heteroatoms. The van der Waals surface area contributed by atoms with Crippen LogP contribution in [0.15, 0.2) is 0 Å². The number of nitrogens with zero attached hydrogens (tertiary/aromatic N) is 1. The molecule has 3 nitrogen and oxygen atoms in total. The van der Waals surface area contributed by atoms with Gasteiger partial charge in [0.15, 0.2) is 0 Å². The lowest BCUT2D eigenvalue weighted by Gasteiger charge is -2.27. The summed E-state index contributed by atoms with van der Waals surface area (Å²) in [4.78, 5) is 14.3. The zero-order chi connectivity index (χ0) is 23.0. The summed E-state index contributed by atoms with van der Waals surface area (Å²) in [6.45, 7) is 10.6. The van der Waals surface area contributed by atoms with Gasteiger partial charge in [-0.05, 0) is 26.4 Å². The van der Waals surface area contributed by atoms with Crippen LogP contribution in [0.25, 0.3) is 0 Å². The lowest BCUT2D eigenvalue weighted by atomic mass is 10.0. The highest BCUT2D eigenvalue weighted by atomic mass is 16.1. The second-order valence-corrected chi connectivity index (χ2v) is 9.58. The smallest absolute Gasteiger partial charge is 0.221 e. The number of carbonyl (C=O) groups is 1. The van der Waals surface area contributed by atoms with Gasteiger partial charge < -0.3 is 5.32 Å². The first-order valence-electron chi connectivity index (χ1n) is 14.2. The van der Waals surface area contributed by atoms with Crippen molar-refractivity contribution in [1.29, 1.82) is 0 Å². The molecule has 1 amide bonds. The van der Waals surface area contributed by atoms with Gasteiger partial charge in [-0.1, -0.05) is 136 Å². The summed E-state index contributed by atoms with van der Waals surface area (Å²) in [5.41, 5.74) is 0. The van der Waals surface area contributed by atoms with Gasteiger partial charge >= 0.3 is 0 Å². The van der Waals surface area contributed by atoms with Crippen molar-refractivity contribution in [2.45, 2.75) is 162 Å². The van der Waals surface area contributed by atoms with E-state index >= 15 is 0 Å². The fraction of sp³-hybridized carbons (Fsp3) is 0.964. The molecular formula is C28H58N2O. The third-order valence-corrected chi connectivity index (χ3v) is 6.74. The van der Waals surface area contributed by atoms with Crippen LogP contribution in [-0.4, -0.2) is 30.1 Å². The first-order valence-corrected chi connectivity index (χ1v) is 14.2. The maximum Gasteiger partial charge on any atom is 0.221 e. The Kier molecular flexibility index (Phi) is 23.6. The van der Waals surface area contributed by atoms with Crippen molar-refractivity contribution in [2.24, 2.45) is 0 Å². The van der Waals surface area contributed by atoms with Crippen molar-refractivity contribution in [1.82, 2.24) is 10.2 Å². The van der Waals surface area contributed by atoms with Crippen molar-refractivity contribution in [3.05, 3.63) is 0 Å². The van der Waals surface area contributed by atoms with Gasteiger partial charge in [-0.3, -0.25) is 9.69 Å². The summed E-state index contributed by atoms with van der Waals surface area (Å²) < 4.78 is 0. The summed E-state index contributed by atoms with van der Waals surface area (Å²) in [7, 11) is 0. The zero-order valence-electron chi connectivity index (χ0n) is 22.0. The number of carbonyl (C=O) groups excluding carboxylic acids is 1. The Labute approximate surface area is 196 Å². The van der Waals surface area contributed by atoms with Crippen LogP contribution in [-0.2, 0) is 4.79 Å². The predicted octanol–water partition coefficient (Wildman–Crippen LogP) is 8.61. The Hall–Kier alpha value is -0.570. The molecule has 0 saturated carbocycles. The molecule has 0 aliphatic heterocycles. The molecule has 1 unspecified atom stereocenters. The van der Waals surface area contributed by atoms with Crippen LogP contribution < -0.4 is 5.32 Å². The first-order chi connectivity index (χ1) is 15.2. The highest BCUT2D eigenvalue weighted by Crippen LogP contribution is 2.14. The van der Waals surface area contributed by atoms with E-state index in [1.54, 1.807) is 0 Å². The van der Waals surface area contributed by atoms with E-state index in [2.05, 4.69) is 37.9 Å². The minimum Gasteiger partial charge on any atom is -0.341 e. The van der Waals surface area contributed by atoms with Gasteiger partial charge in [0.1, 0.15) is 0 Å². The van der Waals surface area contributed by atoms with Crippen molar-refractivity contribution < 1.29 is 4.79 Å². The van der Waals surface area contributed by atoms with Crippen LogP contribution >= 0.6 is 0 Å². The van der Waals surface area contributed by atoms with Gasteiger partial charge in [-0.15, -0.1) is 0 Å². The van der Waals surface area contributed by atoms with E-state index in [-0.39, 0.29) is 12.1 Å². The van der Waals surface area contributed by atoms with Gasteiger partial charge in [-0.25, -0.2) is 0 Å². The van der Waals surface area contributed by atoms with Crippen molar-refractivity contribution >= 4 is 5.91 Å². The second-order valence-electron chi connectivity index (χ2n) is 9.58. The van der Waals surface area contributed by atoms with E-state index < -0.39 is 0 Å². The number of nitrogens with one attached hydrogen (secondary N) is 1. The Bertz CT molecular complexity index is 368. The maximum absolute atomic E-state index is 12.0. The van der Waals surface area contributed by atoms with Gasteiger partial charge in [-0.2, -0.15) is 0 Å². The summed E-state index contributed by atoms with van der Waals surface area (Å²) in [6.07, 6.45) is 27.2. The molecule has 1 N–H and O–H groups in total. The number of rotatable bonds is 24. The molecule has 0 spiro atoms. The van der Waals surface area contributed by atoms with Crippen molar-refractivity contribution in [2.75, 3.05) is 13.1 Å². The second kappa shape index (κ2) is 24.1. The summed E-state index contributed by atoms with van der Waals surface area (Å²) >= 11 is 0. The Morgan fingerprint density at radius 1 is 0.581 bits per heavy atom. The van der Waals surface area contributed by atoms with Crippen LogP contribution in [0.2, 0.25) is 0 Å². The largest absolute Gasteiger partial charge is 0.341 e. The van der Waals surface area contributed by atoms with Crippen LogP contribution in [0.3, 0.4) is 0 Å². The van der Waals surface area contributed by atoms with Crippen LogP contribution in [0.5, 0.6) is 0 Å². The molecule has 0 fully saturated rings. The molecule has 0 aliphatic carbocycles. The molecule has 0 rings (SSSR count). The van der Waals surface area contributed by atoms with Crippen molar-refractivity contribution in [3.8, 4) is 0 Å². The van der Waals surface area contributed by atoms with E-state index in [9.17, 15) is 4.79 Å². The molecule has 0 aromatic rings. The zero-order valence-corrected chi connectivity index (χ0v) is 22.0. The molecule has 0 aromatic heterocycles. The topological polar surface area (TPSA) is 32.3 Å². The number of unbranched alkanes of at least 4 members (excludes halogenated alkanes) is 18. The first kappa shape index (κ1) is 30.4. The average molecular weight is 439 g/mol. The SMILES string of the molecule is CCCCCCCCCCCCCCCCCCCCCC(=O)NC(C)N(CC)CC. The normalized spacial score (nSPS) is 12.4. The molecule has 0 bridgehead atoms. The standard InChI is InChI=1S/C28H58N2O/c1-5-8-9-10-11-12-13-14-15-16-17-18-19-20-21-22-23-24-25-26-28(31)29-27(4)30(6-2)7-3/h27H,5-26H2,1-4H3,(H,29,31). The third-order valence-electron chi connectivity index (χ3n) is 6.74. The summed E-state index contributed by atoms with van der Waals surface area (Å²) in [5, 5.41) is 3.13. The van der Waals surface area contributed by atoms with Crippen LogP contribution in [0.4, 0.5) is 0 Å². The van der Waals surface area contributed by atoms with Gasteiger partial charge in [0.2, 0.25) is 5.91 Å². The fourth-order valence-corrected chi connectivity index (χ4v) is 4.53. The monoisotopic (exact) mass is 438 g/mol. The fourth-order valence-electron chi connectivity index (χ4n) is 4.53. The molecule has 0 saturated heterocycles. The number of hydrogen-bond acceptors (Lipinski definition) is 2. The third kappa shape index (κ3) is 21.1. The van der Waals surface area contributed by atoms with Gasteiger partial charge in [0, 0.05) is 6.42 Å². The quantitative estimate of drug-likeness (QED) is 0.121. The molecule has 1 atom stereocenters. The average Bonchev–Trinajstić information content (AvgIpc) is 2.76. The molecular weight excluding hydrogens is 380 g/mol. The summed E-state index contributed by atoms with van der Waals surface area (Å²) in [5.74, 6) is 0.214. The van der Waals surface area contributed by atoms with Crippen LogP contribution in [0, 0.1) is 0 Å². The predicted molar refractivity (Wildman–Crippen MR) is 139 cm³/mol. The highest BCUT2D eigenvalue weighted by Gasteiger charge is 2.12. The lowest BCUT2D eigenvalue weighted by Crippen LogP contribution is -2.45. The molecule has 186 valence electrons. The van der Waals surface area contributed by atoms with E-state index in [0.29, 0.717) is 6.42 Å². The Morgan fingerprint density at radius 2 is 0.903 bits per heavy atom. The lowest BCUT2D eigenvalue weighted by molar-refractivity contribution is -0.123. The number of hydrogen-bond donors (Lipinski definition) is 1. The maximum atomic E-state index is 12.0. The Morgan fingerprint density at radius 3 is 1.23 bits per heavy atom. The molecule has 0 radical (unpaired) electrons. The van der Waals surface area contributed by atoms with E-state index in [0.717, 1.165) is 19.5 Å². The van der Waals surface area contributed by atoms with E-state index in [4.69, 9.17) is 0 Å². The van der Waals surface area contributed by atoms with Gasteiger partial charge in [0.05, 0.1) is 6.17 Å². The minimum atomic E-state index is 0.155. The molecule has 0 aromatic carbocycles. The molecule has 0 heterocycles. The van der Waals surface area contributed by atoms with E-state index in [1.165, 1.54) is 116 Å². The van der Waals surface area contributed by atoms with Crippen LogP contribution in [0.1, 0.15) is 156 Å². The molecule has 31 heavy (non-hydrogen) atoms. The summed E-state index contributed by atoms with van der Waals surface area (Å²) in [6, 6.07) is 0. The van der Waals surface area contributed by atoms with Crippen molar-refractivity contribution in [3.63, 3.8) is 0 Å².